The van der Waals surface area contributed by atoms with Crippen LogP contribution in [0.25, 0.3) is 0 Å². The van der Waals surface area contributed by atoms with E-state index in [1.54, 1.807) is 0 Å². The molecule has 0 spiro atoms. The molecule has 0 saturated carbocycles. The number of hydrogen-bond acceptors (Lipinski definition) is 2. The minimum Gasteiger partial charge on any atom is -0.376 e. The number of nitrogens with zero attached hydrogens (tertiary/aromatic N) is 1. The fourth-order valence-electron chi connectivity index (χ4n) is 3.23. The topological polar surface area (TPSA) is 12.5 Å². The van der Waals surface area contributed by atoms with Gasteiger partial charge >= 0.3 is 0 Å². The molecule has 2 fully saturated rings. The second-order valence-electron chi connectivity index (χ2n) is 5.27. The minimum absolute atomic E-state index is 0.516. The van der Waals surface area contributed by atoms with Gasteiger partial charge in [0.05, 0.1) is 6.10 Å². The molecule has 3 atom stereocenters. The normalized spacial score (nSPS) is 39.9. The number of hydrogen-bond donors (Lipinski definition) is 0. The molecule has 14 heavy (non-hydrogen) atoms. The van der Waals surface area contributed by atoms with Crippen molar-refractivity contribution in [1.82, 2.24) is 4.90 Å². The summed E-state index contributed by atoms with van der Waals surface area (Å²) in [5.74, 6) is 1.52. The SMILES string of the molecule is CC(C)C1C2OCCCC[C@H]2CN1C. The molecule has 2 rings (SSSR count). The van der Waals surface area contributed by atoms with Crippen molar-refractivity contribution in [3.8, 4) is 0 Å². The molecule has 0 radical (unpaired) electrons. The van der Waals surface area contributed by atoms with E-state index in [1.807, 2.05) is 0 Å². The summed E-state index contributed by atoms with van der Waals surface area (Å²) >= 11 is 0. The molecular weight excluding hydrogens is 174 g/mol. The van der Waals surface area contributed by atoms with Crippen molar-refractivity contribution in [1.29, 1.82) is 0 Å². The molecule has 0 aliphatic carbocycles. The van der Waals surface area contributed by atoms with E-state index in [9.17, 15) is 0 Å². The van der Waals surface area contributed by atoms with Crippen LogP contribution in [0.15, 0.2) is 0 Å². The Morgan fingerprint density at radius 3 is 2.79 bits per heavy atom. The molecule has 2 heteroatoms. The zero-order valence-electron chi connectivity index (χ0n) is 9.70. The Bertz CT molecular complexity index is 193. The van der Waals surface area contributed by atoms with E-state index in [2.05, 4.69) is 25.8 Å². The summed E-state index contributed by atoms with van der Waals surface area (Å²) < 4.78 is 6.03. The van der Waals surface area contributed by atoms with Crippen LogP contribution in [0.2, 0.25) is 0 Å². The second kappa shape index (κ2) is 4.19. The van der Waals surface area contributed by atoms with Crippen molar-refractivity contribution in [2.45, 2.75) is 45.3 Å². The van der Waals surface area contributed by atoms with Crippen LogP contribution in [0.5, 0.6) is 0 Å². The highest BCUT2D eigenvalue weighted by molar-refractivity contribution is 4.95. The summed E-state index contributed by atoms with van der Waals surface area (Å²) in [5.41, 5.74) is 0. The molecule has 2 aliphatic heterocycles. The molecule has 0 aromatic rings. The van der Waals surface area contributed by atoms with E-state index >= 15 is 0 Å². The molecule has 0 N–H and O–H groups in total. The summed E-state index contributed by atoms with van der Waals surface area (Å²) in [4.78, 5) is 2.51. The molecule has 2 nitrogen and oxygen atoms in total. The minimum atomic E-state index is 0.516. The van der Waals surface area contributed by atoms with Crippen LogP contribution in [0, 0.1) is 11.8 Å². The fourth-order valence-corrected chi connectivity index (χ4v) is 3.23. The molecule has 2 saturated heterocycles. The predicted octanol–water partition coefficient (Wildman–Crippen LogP) is 2.14. The van der Waals surface area contributed by atoms with E-state index in [0.717, 1.165) is 12.5 Å². The van der Waals surface area contributed by atoms with Gasteiger partial charge in [-0.3, -0.25) is 0 Å². The summed E-state index contributed by atoms with van der Waals surface area (Å²) in [6.45, 7) is 6.86. The largest absolute Gasteiger partial charge is 0.376 e. The van der Waals surface area contributed by atoms with Crippen LogP contribution in [0.3, 0.4) is 0 Å². The van der Waals surface area contributed by atoms with E-state index in [0.29, 0.717) is 18.1 Å². The molecule has 0 amide bonds. The summed E-state index contributed by atoms with van der Waals surface area (Å²) in [7, 11) is 2.25. The molecular formula is C12H23NO. The highest BCUT2D eigenvalue weighted by Crippen LogP contribution is 2.34. The Balaban J connectivity index is 2.09. The molecule has 0 aromatic carbocycles. The van der Waals surface area contributed by atoms with Crippen LogP contribution < -0.4 is 0 Å². The lowest BCUT2D eigenvalue weighted by atomic mass is 9.92. The summed E-state index contributed by atoms with van der Waals surface area (Å²) in [5, 5.41) is 0. The van der Waals surface area contributed by atoms with Gasteiger partial charge in [-0.05, 0) is 31.7 Å². The molecule has 2 heterocycles. The highest BCUT2D eigenvalue weighted by atomic mass is 16.5. The molecule has 2 unspecified atom stereocenters. The first-order chi connectivity index (χ1) is 6.70. The van der Waals surface area contributed by atoms with E-state index in [4.69, 9.17) is 4.74 Å². The maximum absolute atomic E-state index is 6.03. The zero-order chi connectivity index (χ0) is 10.1. The van der Waals surface area contributed by atoms with Crippen LogP contribution in [0.1, 0.15) is 33.1 Å². The smallest absolute Gasteiger partial charge is 0.0772 e. The first-order valence-corrected chi connectivity index (χ1v) is 6.02. The Labute approximate surface area is 87.6 Å². The average molecular weight is 197 g/mol. The number of ether oxygens (including phenoxy) is 1. The van der Waals surface area contributed by atoms with E-state index in [1.165, 1.54) is 25.8 Å². The third-order valence-electron chi connectivity index (χ3n) is 3.80. The molecule has 82 valence electrons. The van der Waals surface area contributed by atoms with Crippen molar-refractivity contribution in [3.63, 3.8) is 0 Å². The van der Waals surface area contributed by atoms with Gasteiger partial charge in [-0.15, -0.1) is 0 Å². The van der Waals surface area contributed by atoms with Crippen molar-refractivity contribution in [2.75, 3.05) is 20.2 Å². The van der Waals surface area contributed by atoms with Crippen LogP contribution >= 0.6 is 0 Å². The van der Waals surface area contributed by atoms with Gasteiger partial charge in [0.1, 0.15) is 0 Å². The maximum Gasteiger partial charge on any atom is 0.0772 e. The Hall–Kier alpha value is -0.0800. The first kappa shape index (κ1) is 10.4. The number of rotatable bonds is 1. The van der Waals surface area contributed by atoms with Gasteiger partial charge in [0.25, 0.3) is 0 Å². The Kier molecular flexibility index (Phi) is 3.13. The van der Waals surface area contributed by atoms with Crippen LogP contribution in [0.4, 0.5) is 0 Å². The van der Waals surface area contributed by atoms with Gasteiger partial charge in [0.2, 0.25) is 0 Å². The van der Waals surface area contributed by atoms with Gasteiger partial charge in [0, 0.05) is 19.2 Å². The zero-order valence-corrected chi connectivity index (χ0v) is 9.70. The van der Waals surface area contributed by atoms with Gasteiger partial charge < -0.3 is 9.64 Å². The lowest BCUT2D eigenvalue weighted by Crippen LogP contribution is -2.39. The standard InChI is InChI=1S/C12H23NO/c1-9(2)11-12-10(8-13(11)3)6-4-5-7-14-12/h9-12H,4-8H2,1-3H3/t10-,11?,12?/m0/s1. The van der Waals surface area contributed by atoms with Gasteiger partial charge in [0.15, 0.2) is 0 Å². The molecule has 0 aromatic heterocycles. The Morgan fingerprint density at radius 1 is 1.29 bits per heavy atom. The predicted molar refractivity (Wildman–Crippen MR) is 58.3 cm³/mol. The quantitative estimate of drug-likeness (QED) is 0.638. The highest BCUT2D eigenvalue weighted by Gasteiger charge is 2.42. The van der Waals surface area contributed by atoms with Crippen molar-refractivity contribution < 1.29 is 4.74 Å². The van der Waals surface area contributed by atoms with E-state index < -0.39 is 0 Å². The molecule has 0 bridgehead atoms. The van der Waals surface area contributed by atoms with E-state index in [-0.39, 0.29) is 0 Å². The monoisotopic (exact) mass is 197 g/mol. The fraction of sp³-hybridized carbons (Fsp3) is 1.00. The lowest BCUT2D eigenvalue weighted by Gasteiger charge is -2.28. The van der Waals surface area contributed by atoms with Gasteiger partial charge in [-0.25, -0.2) is 0 Å². The van der Waals surface area contributed by atoms with Crippen LogP contribution in [-0.4, -0.2) is 37.2 Å². The lowest BCUT2D eigenvalue weighted by molar-refractivity contribution is 0.00648. The summed E-state index contributed by atoms with van der Waals surface area (Å²) in [6.07, 6.45) is 4.52. The second-order valence-corrected chi connectivity index (χ2v) is 5.27. The first-order valence-electron chi connectivity index (χ1n) is 6.02. The number of likely N-dealkylation sites (tertiary alicyclic amines) is 1. The Morgan fingerprint density at radius 2 is 2.07 bits per heavy atom. The molecule has 2 aliphatic rings. The maximum atomic E-state index is 6.03. The van der Waals surface area contributed by atoms with Gasteiger partial charge in [-0.2, -0.15) is 0 Å². The van der Waals surface area contributed by atoms with Crippen molar-refractivity contribution in [2.24, 2.45) is 11.8 Å². The third kappa shape index (κ3) is 1.82. The van der Waals surface area contributed by atoms with Gasteiger partial charge in [-0.1, -0.05) is 20.3 Å². The number of fused-ring (bicyclic) bond motifs is 1. The van der Waals surface area contributed by atoms with Crippen molar-refractivity contribution in [3.05, 3.63) is 0 Å². The third-order valence-corrected chi connectivity index (χ3v) is 3.80. The van der Waals surface area contributed by atoms with Crippen LogP contribution in [-0.2, 0) is 4.74 Å². The van der Waals surface area contributed by atoms with Crippen molar-refractivity contribution >= 4 is 0 Å². The average Bonchev–Trinajstić information content (AvgIpc) is 2.31. The number of likely N-dealkylation sites (N-methyl/N-ethyl adjacent to an activating group) is 1. The summed E-state index contributed by atoms with van der Waals surface area (Å²) in [6, 6.07) is 0.651.